The maximum atomic E-state index is 9.40. The molecule has 2 aromatic rings. The first-order valence-corrected chi connectivity index (χ1v) is 7.29. The van der Waals surface area contributed by atoms with E-state index in [4.69, 9.17) is 12.2 Å². The van der Waals surface area contributed by atoms with Crippen LogP contribution in [0.1, 0.15) is 24.1 Å². The Morgan fingerprint density at radius 2 is 2.00 bits per heavy atom. The number of H-pyrrole nitrogens is 1. The van der Waals surface area contributed by atoms with E-state index in [1.165, 1.54) is 5.57 Å². The Morgan fingerprint density at radius 1 is 1.19 bits per heavy atom. The Balaban J connectivity index is 2.21. The summed E-state index contributed by atoms with van der Waals surface area (Å²) in [6, 6.07) is 14.2. The topological polar surface area (TPSA) is 39.6 Å². The lowest BCUT2D eigenvalue weighted by Crippen LogP contribution is -1.97. The van der Waals surface area contributed by atoms with Crippen molar-refractivity contribution in [3.63, 3.8) is 0 Å². The van der Waals surface area contributed by atoms with Crippen molar-refractivity contribution in [1.29, 1.82) is 5.26 Å². The Hall–Kier alpha value is -2.44. The van der Waals surface area contributed by atoms with Gasteiger partial charge in [-0.15, -0.1) is 0 Å². The molecular weight excluding hydrogens is 276 g/mol. The number of aromatic nitrogens is 1. The van der Waals surface area contributed by atoms with Crippen LogP contribution in [0.5, 0.6) is 0 Å². The summed E-state index contributed by atoms with van der Waals surface area (Å²) >= 11 is 5.37. The largest absolute Gasteiger partial charge is 0.345 e. The molecule has 102 valence electrons. The van der Waals surface area contributed by atoms with Gasteiger partial charge in [0.15, 0.2) is 0 Å². The zero-order chi connectivity index (χ0) is 14.7. The molecule has 0 saturated heterocycles. The van der Waals surface area contributed by atoms with Gasteiger partial charge in [-0.2, -0.15) is 5.26 Å². The van der Waals surface area contributed by atoms with E-state index in [9.17, 15) is 5.26 Å². The average Bonchev–Trinajstić information content (AvgIpc) is 2.55. The Labute approximate surface area is 129 Å². The maximum absolute atomic E-state index is 9.40. The second-order valence-electron chi connectivity index (χ2n) is 4.94. The fourth-order valence-electron chi connectivity index (χ4n) is 2.52. The second-order valence-corrected chi connectivity index (χ2v) is 5.35. The number of hydrogen-bond acceptors (Lipinski definition) is 2. The Kier molecular flexibility index (Phi) is 3.81. The molecule has 0 atom stereocenters. The number of nitrogens with one attached hydrogen (secondary N) is 1. The van der Waals surface area contributed by atoms with Gasteiger partial charge >= 0.3 is 0 Å². The third-order valence-corrected chi connectivity index (χ3v) is 3.90. The summed E-state index contributed by atoms with van der Waals surface area (Å²) in [6.45, 7) is 0. The van der Waals surface area contributed by atoms with Crippen molar-refractivity contribution in [2.24, 2.45) is 0 Å². The molecule has 1 aromatic heterocycles. The van der Waals surface area contributed by atoms with Crippen molar-refractivity contribution in [2.45, 2.75) is 12.8 Å². The number of hydrogen-bond donors (Lipinski definition) is 1. The van der Waals surface area contributed by atoms with Crippen molar-refractivity contribution >= 4 is 17.8 Å². The van der Waals surface area contributed by atoms with Gasteiger partial charge in [0.05, 0.1) is 5.56 Å². The highest BCUT2D eigenvalue weighted by atomic mass is 32.1. The molecule has 0 unspecified atom stereocenters. The summed E-state index contributed by atoms with van der Waals surface area (Å²) in [5.74, 6) is 0. The second kappa shape index (κ2) is 5.90. The van der Waals surface area contributed by atoms with Gasteiger partial charge in [-0.05, 0) is 30.0 Å². The predicted octanol–water partition coefficient (Wildman–Crippen LogP) is 5.02. The van der Waals surface area contributed by atoms with E-state index in [1.54, 1.807) is 0 Å². The van der Waals surface area contributed by atoms with E-state index in [1.807, 2.05) is 36.4 Å². The summed E-state index contributed by atoms with van der Waals surface area (Å²) in [5, 5.41) is 9.40. The average molecular weight is 290 g/mol. The molecule has 0 spiro atoms. The van der Waals surface area contributed by atoms with Gasteiger partial charge in [-0.1, -0.05) is 60.8 Å². The molecule has 3 heteroatoms. The molecule has 0 aliphatic heterocycles. The molecule has 1 aromatic carbocycles. The van der Waals surface area contributed by atoms with Crippen molar-refractivity contribution < 1.29 is 0 Å². The van der Waals surface area contributed by atoms with Crippen molar-refractivity contribution in [2.75, 3.05) is 0 Å². The van der Waals surface area contributed by atoms with E-state index in [-0.39, 0.29) is 0 Å². The minimum atomic E-state index is 0.504. The predicted molar refractivity (Wildman–Crippen MR) is 88.1 cm³/mol. The maximum Gasteiger partial charge on any atom is 0.122 e. The molecule has 3 rings (SSSR count). The van der Waals surface area contributed by atoms with Crippen LogP contribution in [0.25, 0.3) is 16.7 Å². The Bertz CT molecular complexity index is 821. The number of benzene rings is 1. The molecule has 0 saturated carbocycles. The summed E-state index contributed by atoms with van der Waals surface area (Å²) in [4.78, 5) is 3.20. The van der Waals surface area contributed by atoms with Crippen LogP contribution in [0.15, 0.2) is 54.6 Å². The van der Waals surface area contributed by atoms with Crippen LogP contribution in [0.3, 0.4) is 0 Å². The number of nitriles is 1. The molecule has 1 N–H and O–H groups in total. The van der Waals surface area contributed by atoms with E-state index in [0.29, 0.717) is 10.2 Å². The van der Waals surface area contributed by atoms with Crippen LogP contribution in [-0.2, 0) is 0 Å². The minimum Gasteiger partial charge on any atom is -0.345 e. The van der Waals surface area contributed by atoms with Crippen LogP contribution in [0, 0.1) is 16.0 Å². The van der Waals surface area contributed by atoms with Gasteiger partial charge in [0, 0.05) is 11.3 Å². The highest BCUT2D eigenvalue weighted by Gasteiger charge is 2.12. The molecular formula is C18H14N2S. The van der Waals surface area contributed by atoms with Gasteiger partial charge in [0.25, 0.3) is 0 Å². The van der Waals surface area contributed by atoms with Crippen molar-refractivity contribution in [3.8, 4) is 17.2 Å². The normalized spacial score (nSPS) is 13.6. The minimum absolute atomic E-state index is 0.504. The SMILES string of the molecule is N#Cc1c(-c2ccccc2)cc(C2=CC=CCC2)[nH]c1=S. The third-order valence-electron chi connectivity index (χ3n) is 3.59. The van der Waals surface area contributed by atoms with Crippen molar-refractivity contribution in [1.82, 2.24) is 4.98 Å². The highest BCUT2D eigenvalue weighted by molar-refractivity contribution is 7.71. The van der Waals surface area contributed by atoms with Gasteiger partial charge in [0.1, 0.15) is 10.7 Å². The quantitative estimate of drug-likeness (QED) is 0.789. The first-order chi connectivity index (χ1) is 10.3. The highest BCUT2D eigenvalue weighted by Crippen LogP contribution is 2.29. The molecule has 0 fully saturated rings. The standard InChI is InChI=1S/C18H14N2S/c19-12-16-15(13-7-3-1-4-8-13)11-17(20-18(16)21)14-9-5-2-6-10-14/h1-5,7-9,11H,6,10H2,(H,20,21). The number of nitrogens with zero attached hydrogens (tertiary/aromatic N) is 1. The molecule has 1 heterocycles. The van der Waals surface area contributed by atoms with Crippen molar-refractivity contribution in [3.05, 3.63) is 70.5 Å². The first kappa shape index (κ1) is 13.5. The summed E-state index contributed by atoms with van der Waals surface area (Å²) < 4.78 is 0.504. The Morgan fingerprint density at radius 3 is 2.67 bits per heavy atom. The number of aromatic amines is 1. The lowest BCUT2D eigenvalue weighted by atomic mass is 9.96. The lowest BCUT2D eigenvalue weighted by molar-refractivity contribution is 1.04. The molecule has 0 amide bonds. The van der Waals surface area contributed by atoms with Crippen LogP contribution in [-0.4, -0.2) is 4.98 Å². The smallest absolute Gasteiger partial charge is 0.122 e. The number of pyridine rings is 1. The zero-order valence-corrected chi connectivity index (χ0v) is 12.3. The molecule has 1 aliphatic carbocycles. The fourth-order valence-corrected chi connectivity index (χ4v) is 2.78. The van der Waals surface area contributed by atoms with Gasteiger partial charge < -0.3 is 4.98 Å². The summed E-state index contributed by atoms with van der Waals surface area (Å²) in [5.41, 5.74) is 4.68. The van der Waals surface area contributed by atoms with E-state index in [0.717, 1.165) is 29.7 Å². The monoisotopic (exact) mass is 290 g/mol. The fraction of sp³-hybridized carbons (Fsp3) is 0.111. The molecule has 0 bridgehead atoms. The van der Waals surface area contributed by atoms with Gasteiger partial charge in [0.2, 0.25) is 0 Å². The van der Waals surface area contributed by atoms with Crippen LogP contribution in [0.2, 0.25) is 0 Å². The van der Waals surface area contributed by atoms with E-state index >= 15 is 0 Å². The lowest BCUT2D eigenvalue weighted by Gasteiger charge is -2.12. The molecule has 1 aliphatic rings. The van der Waals surface area contributed by atoms with E-state index < -0.39 is 0 Å². The van der Waals surface area contributed by atoms with Crippen LogP contribution < -0.4 is 0 Å². The summed E-state index contributed by atoms with van der Waals surface area (Å²) in [6.07, 6.45) is 8.34. The molecule has 0 radical (unpaired) electrons. The van der Waals surface area contributed by atoms with Crippen LogP contribution in [0.4, 0.5) is 0 Å². The number of rotatable bonds is 2. The van der Waals surface area contributed by atoms with Crippen LogP contribution >= 0.6 is 12.2 Å². The third kappa shape index (κ3) is 2.72. The molecule has 2 nitrogen and oxygen atoms in total. The summed E-state index contributed by atoms with van der Waals surface area (Å²) in [7, 11) is 0. The van der Waals surface area contributed by atoms with E-state index in [2.05, 4.69) is 29.3 Å². The first-order valence-electron chi connectivity index (χ1n) is 6.88. The molecule has 21 heavy (non-hydrogen) atoms. The van der Waals surface area contributed by atoms with Gasteiger partial charge in [-0.25, -0.2) is 0 Å². The number of allylic oxidation sites excluding steroid dienone is 4. The zero-order valence-electron chi connectivity index (χ0n) is 11.5. The van der Waals surface area contributed by atoms with Gasteiger partial charge in [-0.3, -0.25) is 0 Å².